The van der Waals surface area contributed by atoms with E-state index in [1.165, 1.54) is 6.42 Å². The molecule has 1 fully saturated rings. The Morgan fingerprint density at radius 1 is 1.44 bits per heavy atom. The number of carbonyl (C=O) groups is 1. The summed E-state index contributed by atoms with van der Waals surface area (Å²) in [6, 6.07) is 0. The second kappa shape index (κ2) is 5.88. The largest absolute Gasteiger partial charge is 0.461 e. The summed E-state index contributed by atoms with van der Waals surface area (Å²) in [7, 11) is 0. The third kappa shape index (κ3) is 3.51. The summed E-state index contributed by atoms with van der Waals surface area (Å²) in [5.41, 5.74) is 1.15. The van der Waals surface area contributed by atoms with Gasteiger partial charge in [0.05, 0.1) is 5.92 Å². The van der Waals surface area contributed by atoms with Crippen molar-refractivity contribution in [1.29, 1.82) is 0 Å². The van der Waals surface area contributed by atoms with Crippen molar-refractivity contribution in [2.45, 2.75) is 34.1 Å². The molecule has 0 saturated heterocycles. The minimum atomic E-state index is -0.114. The second-order valence-corrected chi connectivity index (χ2v) is 4.43. The van der Waals surface area contributed by atoms with Gasteiger partial charge in [0.25, 0.3) is 0 Å². The predicted octanol–water partition coefficient (Wildman–Crippen LogP) is 3.34. The summed E-state index contributed by atoms with van der Waals surface area (Å²) in [5, 5.41) is 0. The Morgan fingerprint density at radius 2 is 2.12 bits per heavy atom. The summed E-state index contributed by atoms with van der Waals surface area (Å²) >= 11 is 0. The number of hydrogen-bond acceptors (Lipinski definition) is 2. The highest BCUT2D eigenvalue weighted by atomic mass is 16.5. The first kappa shape index (κ1) is 13.0. The van der Waals surface area contributed by atoms with Crippen LogP contribution in [-0.2, 0) is 9.53 Å². The van der Waals surface area contributed by atoms with Crippen LogP contribution in [0.2, 0.25) is 0 Å². The molecular formula is C14H22O2. The van der Waals surface area contributed by atoms with Crippen LogP contribution in [0.25, 0.3) is 0 Å². The van der Waals surface area contributed by atoms with Crippen molar-refractivity contribution in [3.8, 4) is 0 Å². The van der Waals surface area contributed by atoms with Crippen molar-refractivity contribution >= 4 is 5.97 Å². The molecule has 2 heteroatoms. The Kier molecular flexibility index (Phi) is 4.78. The van der Waals surface area contributed by atoms with E-state index in [0.29, 0.717) is 6.61 Å². The molecule has 0 spiro atoms. The molecule has 0 amide bonds. The highest BCUT2D eigenvalue weighted by Crippen LogP contribution is 2.44. The third-order valence-corrected chi connectivity index (χ3v) is 2.73. The minimum absolute atomic E-state index is 0.0307. The van der Waals surface area contributed by atoms with E-state index in [-0.39, 0.29) is 11.9 Å². The molecule has 2 unspecified atom stereocenters. The Morgan fingerprint density at radius 3 is 2.69 bits per heavy atom. The molecule has 0 aromatic rings. The van der Waals surface area contributed by atoms with Gasteiger partial charge in [-0.3, -0.25) is 4.79 Å². The van der Waals surface area contributed by atoms with Crippen LogP contribution in [0.15, 0.2) is 23.8 Å². The van der Waals surface area contributed by atoms with E-state index >= 15 is 0 Å². The van der Waals surface area contributed by atoms with Crippen molar-refractivity contribution in [1.82, 2.24) is 0 Å². The van der Waals surface area contributed by atoms with Crippen LogP contribution >= 0.6 is 0 Å². The van der Waals surface area contributed by atoms with E-state index in [2.05, 4.69) is 18.2 Å². The smallest absolute Gasteiger partial charge is 0.308 e. The van der Waals surface area contributed by atoms with Gasteiger partial charge in [-0.15, -0.1) is 0 Å². The molecule has 0 aliphatic heterocycles. The van der Waals surface area contributed by atoms with Crippen LogP contribution < -0.4 is 0 Å². The molecule has 2 aliphatic carbocycles. The zero-order valence-electron chi connectivity index (χ0n) is 10.7. The normalized spacial score (nSPS) is 25.2. The molecule has 2 rings (SSSR count). The molecular weight excluding hydrogens is 200 g/mol. The van der Waals surface area contributed by atoms with Crippen molar-refractivity contribution in [2.75, 3.05) is 6.61 Å². The van der Waals surface area contributed by atoms with Gasteiger partial charge < -0.3 is 4.74 Å². The highest BCUT2D eigenvalue weighted by Gasteiger charge is 2.34. The van der Waals surface area contributed by atoms with E-state index in [1.54, 1.807) is 0 Å². The highest BCUT2D eigenvalue weighted by molar-refractivity contribution is 5.71. The number of carbonyl (C=O) groups excluding carboxylic acids is 1. The third-order valence-electron chi connectivity index (χ3n) is 2.73. The van der Waals surface area contributed by atoms with Gasteiger partial charge in [-0.1, -0.05) is 45.9 Å². The zero-order valence-corrected chi connectivity index (χ0v) is 10.7. The van der Waals surface area contributed by atoms with Crippen molar-refractivity contribution in [2.24, 2.45) is 17.8 Å². The Balaban J connectivity index is 0.000000606. The molecule has 2 atom stereocenters. The average Bonchev–Trinajstić information content (AvgIpc) is 3.06. The predicted molar refractivity (Wildman–Crippen MR) is 66.0 cm³/mol. The number of ether oxygens (including phenoxy) is 1. The summed E-state index contributed by atoms with van der Waals surface area (Å²) in [4.78, 5) is 11.2. The Hall–Kier alpha value is -1.05. The zero-order chi connectivity index (χ0) is 12.1. The summed E-state index contributed by atoms with van der Waals surface area (Å²) in [6.45, 7) is 8.14. The Bertz CT molecular complexity index is 300. The molecule has 0 heterocycles. The van der Waals surface area contributed by atoms with Gasteiger partial charge in [-0.25, -0.2) is 0 Å². The lowest BCUT2D eigenvalue weighted by molar-refractivity contribution is -0.146. The molecule has 1 saturated carbocycles. The van der Waals surface area contributed by atoms with E-state index in [9.17, 15) is 4.79 Å². The van der Waals surface area contributed by atoms with Crippen LogP contribution in [0.3, 0.4) is 0 Å². The van der Waals surface area contributed by atoms with Crippen molar-refractivity contribution in [3.05, 3.63) is 23.8 Å². The first-order valence-corrected chi connectivity index (χ1v) is 6.22. The average molecular weight is 222 g/mol. The van der Waals surface area contributed by atoms with Crippen LogP contribution in [0.4, 0.5) is 0 Å². The van der Waals surface area contributed by atoms with Crippen LogP contribution in [0.1, 0.15) is 34.1 Å². The molecule has 0 aromatic heterocycles. The fourth-order valence-corrected chi connectivity index (χ4v) is 1.64. The van der Waals surface area contributed by atoms with Crippen LogP contribution in [-0.4, -0.2) is 12.6 Å². The van der Waals surface area contributed by atoms with Gasteiger partial charge >= 0.3 is 5.97 Å². The van der Waals surface area contributed by atoms with Crippen LogP contribution in [0.5, 0.6) is 0 Å². The van der Waals surface area contributed by atoms with Gasteiger partial charge in [0.2, 0.25) is 0 Å². The number of rotatable bonds is 3. The maximum atomic E-state index is 11.2. The summed E-state index contributed by atoms with van der Waals surface area (Å²) < 4.78 is 5.15. The van der Waals surface area contributed by atoms with Crippen molar-refractivity contribution < 1.29 is 9.53 Å². The lowest BCUT2D eigenvalue weighted by atomic mass is 10.1. The summed E-state index contributed by atoms with van der Waals surface area (Å²) in [5.74, 6) is 1.36. The van der Waals surface area contributed by atoms with Crippen molar-refractivity contribution in [3.63, 3.8) is 0 Å². The van der Waals surface area contributed by atoms with Gasteiger partial charge in [0.1, 0.15) is 6.61 Å². The van der Waals surface area contributed by atoms with Gasteiger partial charge in [-0.05, 0) is 23.8 Å². The topological polar surface area (TPSA) is 26.3 Å². The first-order chi connectivity index (χ1) is 7.66. The number of esters is 1. The SMILES string of the molecule is CC.CC(C)C(=O)OCC1=CC2CC2C=C1. The van der Waals surface area contributed by atoms with E-state index in [0.717, 1.165) is 17.4 Å². The maximum absolute atomic E-state index is 11.2. The summed E-state index contributed by atoms with van der Waals surface area (Å²) in [6.07, 6.45) is 7.82. The van der Waals surface area contributed by atoms with Gasteiger partial charge in [-0.2, -0.15) is 0 Å². The molecule has 2 aliphatic rings. The van der Waals surface area contributed by atoms with Gasteiger partial charge in [0, 0.05) is 0 Å². The number of hydrogen-bond donors (Lipinski definition) is 0. The van der Waals surface area contributed by atoms with E-state index in [1.807, 2.05) is 27.7 Å². The quantitative estimate of drug-likeness (QED) is 0.684. The molecule has 90 valence electrons. The van der Waals surface area contributed by atoms with E-state index < -0.39 is 0 Å². The standard InChI is InChI=1S/C12H16O2.C2H6/c1-8(2)12(13)14-7-9-3-4-10-6-11(10)5-9;1-2/h3-5,8,10-11H,6-7H2,1-2H3;1-2H3. The molecule has 0 aromatic carbocycles. The second-order valence-electron chi connectivity index (χ2n) is 4.43. The molecule has 2 nitrogen and oxygen atoms in total. The molecule has 0 N–H and O–H groups in total. The number of allylic oxidation sites excluding steroid dienone is 2. The van der Waals surface area contributed by atoms with E-state index in [4.69, 9.17) is 4.74 Å². The lowest BCUT2D eigenvalue weighted by Gasteiger charge is -2.09. The molecule has 16 heavy (non-hydrogen) atoms. The monoisotopic (exact) mass is 222 g/mol. The fraction of sp³-hybridized carbons (Fsp3) is 0.643. The maximum Gasteiger partial charge on any atom is 0.308 e. The fourth-order valence-electron chi connectivity index (χ4n) is 1.64. The van der Waals surface area contributed by atoms with Crippen LogP contribution in [0, 0.1) is 17.8 Å². The van der Waals surface area contributed by atoms with Gasteiger partial charge in [0.15, 0.2) is 0 Å². The lowest BCUT2D eigenvalue weighted by Crippen LogP contribution is -2.13. The molecule has 0 bridgehead atoms. The minimum Gasteiger partial charge on any atom is -0.461 e. The Labute approximate surface area is 98.4 Å². The molecule has 0 radical (unpaired) electrons. The number of fused-ring (bicyclic) bond motifs is 1. The first-order valence-electron chi connectivity index (χ1n) is 6.22.